The number of hydrogen-bond acceptors (Lipinski definition) is 4. The molecular formula is C24H33N3O3S. The largest absolute Gasteiger partial charge is 0.352 e. The van der Waals surface area contributed by atoms with E-state index in [1.54, 1.807) is 16.7 Å². The van der Waals surface area contributed by atoms with Gasteiger partial charge in [-0.25, -0.2) is 0 Å². The van der Waals surface area contributed by atoms with E-state index >= 15 is 0 Å². The molecule has 6 nitrogen and oxygen atoms in total. The Labute approximate surface area is 188 Å². The normalized spacial score (nSPS) is 25.5. The van der Waals surface area contributed by atoms with Gasteiger partial charge in [0.25, 0.3) is 5.91 Å². The number of hydrogen-bond donors (Lipinski definition) is 2. The minimum Gasteiger partial charge on any atom is -0.352 e. The van der Waals surface area contributed by atoms with Gasteiger partial charge in [0.2, 0.25) is 11.8 Å². The molecule has 168 valence electrons. The summed E-state index contributed by atoms with van der Waals surface area (Å²) in [5.41, 5.74) is 1.64. The fourth-order valence-corrected chi connectivity index (χ4v) is 6.72. The highest BCUT2D eigenvalue weighted by Crippen LogP contribution is 2.56. The molecule has 1 saturated heterocycles. The lowest BCUT2D eigenvalue weighted by Gasteiger charge is -2.31. The molecule has 0 unspecified atom stereocenters. The summed E-state index contributed by atoms with van der Waals surface area (Å²) in [6, 6.07) is 6.58. The van der Waals surface area contributed by atoms with Gasteiger partial charge in [0.1, 0.15) is 17.5 Å². The van der Waals surface area contributed by atoms with Gasteiger partial charge in [0, 0.05) is 16.4 Å². The Bertz CT molecular complexity index is 879. The molecule has 0 radical (unpaired) electrons. The van der Waals surface area contributed by atoms with E-state index in [9.17, 15) is 14.4 Å². The van der Waals surface area contributed by atoms with Crippen molar-refractivity contribution in [2.24, 2.45) is 5.92 Å². The average Bonchev–Trinajstić information content (AvgIpc) is 3.37. The van der Waals surface area contributed by atoms with Crippen LogP contribution in [0.15, 0.2) is 24.3 Å². The maximum Gasteiger partial charge on any atom is 0.256 e. The van der Waals surface area contributed by atoms with Crippen LogP contribution in [0, 0.1) is 5.92 Å². The minimum absolute atomic E-state index is 0.102. The first kappa shape index (κ1) is 22.2. The summed E-state index contributed by atoms with van der Waals surface area (Å²) < 4.78 is -0.456. The number of benzene rings is 1. The molecule has 31 heavy (non-hydrogen) atoms. The third kappa shape index (κ3) is 4.21. The molecule has 0 spiro atoms. The number of amides is 3. The number of thioether (sulfide) groups is 1. The Morgan fingerprint density at radius 1 is 1.19 bits per heavy atom. The molecule has 2 heterocycles. The predicted molar refractivity (Wildman–Crippen MR) is 123 cm³/mol. The molecule has 3 amide bonds. The zero-order valence-electron chi connectivity index (χ0n) is 18.8. The second kappa shape index (κ2) is 8.49. The van der Waals surface area contributed by atoms with Gasteiger partial charge in [-0.2, -0.15) is 0 Å². The first-order chi connectivity index (χ1) is 14.7. The van der Waals surface area contributed by atoms with E-state index in [2.05, 4.69) is 10.6 Å². The van der Waals surface area contributed by atoms with Crippen LogP contribution in [0.25, 0.3) is 0 Å². The number of fused-ring (bicyclic) bond motifs is 3. The van der Waals surface area contributed by atoms with Gasteiger partial charge in [-0.05, 0) is 50.7 Å². The Morgan fingerprint density at radius 2 is 1.87 bits per heavy atom. The van der Waals surface area contributed by atoms with Gasteiger partial charge < -0.3 is 15.5 Å². The number of rotatable bonds is 6. The molecule has 2 N–H and O–H groups in total. The van der Waals surface area contributed by atoms with Crippen LogP contribution in [0.3, 0.4) is 0 Å². The van der Waals surface area contributed by atoms with Crippen LogP contribution in [0.5, 0.6) is 0 Å². The highest BCUT2D eigenvalue weighted by molar-refractivity contribution is 8.01. The smallest absolute Gasteiger partial charge is 0.256 e. The molecule has 3 aliphatic rings. The van der Waals surface area contributed by atoms with Crippen molar-refractivity contribution in [3.63, 3.8) is 0 Å². The second-order valence-corrected chi connectivity index (χ2v) is 11.7. The zero-order valence-corrected chi connectivity index (χ0v) is 19.6. The van der Waals surface area contributed by atoms with E-state index < -0.39 is 16.8 Å². The SMILES string of the molecule is CC(C)C[C@H](NC(=O)[C@H]1N2C(=O)c3ccccc3[C@@H]2SC1(C)C)C(=O)NC1CCCC1. The fourth-order valence-electron chi connectivity index (χ4n) is 5.13. The van der Waals surface area contributed by atoms with Gasteiger partial charge in [-0.1, -0.05) is 44.9 Å². The lowest BCUT2D eigenvalue weighted by Crippen LogP contribution is -2.57. The number of carbonyl (C=O) groups is 3. The first-order valence-electron chi connectivity index (χ1n) is 11.4. The summed E-state index contributed by atoms with van der Waals surface area (Å²) in [4.78, 5) is 41.4. The number of nitrogens with one attached hydrogen (secondary N) is 2. The Morgan fingerprint density at radius 3 is 2.55 bits per heavy atom. The van der Waals surface area contributed by atoms with Crippen LogP contribution in [0.2, 0.25) is 0 Å². The van der Waals surface area contributed by atoms with E-state index in [1.807, 2.05) is 52.0 Å². The maximum absolute atomic E-state index is 13.5. The van der Waals surface area contributed by atoms with Gasteiger partial charge in [-0.15, -0.1) is 11.8 Å². The number of carbonyl (C=O) groups excluding carboxylic acids is 3. The lowest BCUT2D eigenvalue weighted by molar-refractivity contribution is -0.132. The van der Waals surface area contributed by atoms with Gasteiger partial charge in [-0.3, -0.25) is 14.4 Å². The molecule has 2 fully saturated rings. The molecule has 1 aromatic rings. The second-order valence-electron chi connectivity index (χ2n) is 9.96. The zero-order chi connectivity index (χ0) is 22.3. The summed E-state index contributed by atoms with van der Waals surface area (Å²) >= 11 is 1.64. The van der Waals surface area contributed by atoms with Crippen molar-refractivity contribution in [2.75, 3.05) is 0 Å². The topological polar surface area (TPSA) is 78.5 Å². The summed E-state index contributed by atoms with van der Waals surface area (Å²) in [5, 5.41) is 5.99. The Hall–Kier alpha value is -2.02. The van der Waals surface area contributed by atoms with Crippen LogP contribution < -0.4 is 10.6 Å². The van der Waals surface area contributed by atoms with Crippen LogP contribution in [-0.2, 0) is 9.59 Å². The average molecular weight is 444 g/mol. The molecule has 3 atom stereocenters. The van der Waals surface area contributed by atoms with E-state index in [4.69, 9.17) is 0 Å². The van der Waals surface area contributed by atoms with Crippen molar-refractivity contribution >= 4 is 29.5 Å². The quantitative estimate of drug-likeness (QED) is 0.704. The van der Waals surface area contributed by atoms with E-state index in [-0.39, 0.29) is 35.1 Å². The third-order valence-corrected chi connectivity index (χ3v) is 8.12. The molecule has 0 aromatic heterocycles. The summed E-state index contributed by atoms with van der Waals surface area (Å²) in [6.45, 7) is 8.11. The van der Waals surface area contributed by atoms with Crippen LogP contribution in [-0.4, -0.2) is 45.5 Å². The summed E-state index contributed by atoms with van der Waals surface area (Å²) in [7, 11) is 0. The van der Waals surface area contributed by atoms with Gasteiger partial charge in [0.05, 0.1) is 0 Å². The third-order valence-electron chi connectivity index (χ3n) is 6.59. The highest BCUT2D eigenvalue weighted by atomic mass is 32.2. The lowest BCUT2D eigenvalue weighted by atomic mass is 9.98. The van der Waals surface area contributed by atoms with E-state index in [1.165, 1.54) is 0 Å². The van der Waals surface area contributed by atoms with Crippen LogP contribution in [0.1, 0.15) is 81.1 Å². The number of nitrogens with zero attached hydrogens (tertiary/aromatic N) is 1. The van der Waals surface area contributed by atoms with Crippen molar-refractivity contribution in [1.29, 1.82) is 0 Å². The van der Waals surface area contributed by atoms with Gasteiger partial charge >= 0.3 is 0 Å². The molecule has 7 heteroatoms. The summed E-state index contributed by atoms with van der Waals surface area (Å²) in [6.07, 6.45) is 4.85. The Balaban J connectivity index is 1.54. The van der Waals surface area contributed by atoms with Crippen molar-refractivity contribution in [2.45, 2.75) is 88.0 Å². The van der Waals surface area contributed by atoms with Crippen LogP contribution >= 0.6 is 11.8 Å². The molecular weight excluding hydrogens is 410 g/mol. The van der Waals surface area contributed by atoms with Crippen molar-refractivity contribution in [1.82, 2.24) is 15.5 Å². The van der Waals surface area contributed by atoms with Crippen molar-refractivity contribution < 1.29 is 14.4 Å². The maximum atomic E-state index is 13.5. The summed E-state index contributed by atoms with van der Waals surface area (Å²) in [5.74, 6) is -0.191. The fraction of sp³-hybridized carbons (Fsp3) is 0.625. The minimum atomic E-state index is -0.628. The molecule has 1 aromatic carbocycles. The molecule has 1 aliphatic carbocycles. The molecule has 2 aliphatic heterocycles. The van der Waals surface area contributed by atoms with E-state index in [0.717, 1.165) is 31.2 Å². The monoisotopic (exact) mass is 443 g/mol. The van der Waals surface area contributed by atoms with Gasteiger partial charge in [0.15, 0.2) is 0 Å². The van der Waals surface area contributed by atoms with E-state index in [0.29, 0.717) is 12.0 Å². The first-order valence-corrected chi connectivity index (χ1v) is 12.3. The standard InChI is InChI=1S/C24H33N3O3S/c1-14(2)13-18(20(28)25-15-9-5-6-10-15)26-21(29)19-24(3,4)31-23-17-12-8-7-11-16(17)22(30)27(19)23/h7-8,11-12,14-15,18-19,23H,5-6,9-10,13H2,1-4H3,(H,25,28)(H,26,29)/t18-,19+,23-/m0/s1. The van der Waals surface area contributed by atoms with Crippen molar-refractivity contribution in [3.05, 3.63) is 35.4 Å². The molecule has 4 rings (SSSR count). The molecule has 0 bridgehead atoms. The van der Waals surface area contributed by atoms with Crippen LogP contribution in [0.4, 0.5) is 0 Å². The predicted octanol–water partition coefficient (Wildman–Crippen LogP) is 3.62. The Kier molecular flexibility index (Phi) is 6.08. The van der Waals surface area contributed by atoms with Crippen molar-refractivity contribution in [3.8, 4) is 0 Å². The molecule has 1 saturated carbocycles. The highest BCUT2D eigenvalue weighted by Gasteiger charge is 2.57.